The largest absolute Gasteiger partial charge is 0.304 e. The zero-order valence-corrected chi connectivity index (χ0v) is 8.83. The summed E-state index contributed by atoms with van der Waals surface area (Å²) in [5.74, 6) is 0. The Morgan fingerprint density at radius 3 is 2.31 bits per heavy atom. The Bertz CT molecular complexity index is 228. The maximum absolute atomic E-state index is 2.37. The summed E-state index contributed by atoms with van der Waals surface area (Å²) < 4.78 is 0. The monoisotopic (exact) mass is 177 g/mol. The zero-order valence-electron chi connectivity index (χ0n) is 8.83. The minimum absolute atomic E-state index is 0.642. The molecule has 0 aliphatic carbocycles. The Hall–Kier alpha value is -0.820. The molecule has 0 spiro atoms. The summed E-state index contributed by atoms with van der Waals surface area (Å²) in [6.45, 7) is 5.59. The predicted octanol–water partition coefficient (Wildman–Crippen LogP) is 2.57. The first-order valence-corrected chi connectivity index (χ1v) is 4.94. The van der Waals surface area contributed by atoms with Gasteiger partial charge in [0.2, 0.25) is 0 Å². The van der Waals surface area contributed by atoms with Crippen LogP contribution in [-0.4, -0.2) is 24.5 Å². The van der Waals surface area contributed by atoms with Gasteiger partial charge in [0.1, 0.15) is 0 Å². The lowest BCUT2D eigenvalue weighted by Crippen LogP contribution is -2.28. The Labute approximate surface area is 81.4 Å². The highest BCUT2D eigenvalue weighted by atomic mass is 15.1. The molecule has 1 aromatic rings. The van der Waals surface area contributed by atoms with Crippen LogP contribution in [0.5, 0.6) is 0 Å². The van der Waals surface area contributed by atoms with Crippen molar-refractivity contribution in [2.45, 2.75) is 26.3 Å². The molecule has 0 aromatic heterocycles. The van der Waals surface area contributed by atoms with Crippen molar-refractivity contribution in [2.75, 3.05) is 13.6 Å². The summed E-state index contributed by atoms with van der Waals surface area (Å²) in [6.07, 6.45) is 1.15. The quantitative estimate of drug-likeness (QED) is 0.683. The molecule has 0 heterocycles. The van der Waals surface area contributed by atoms with Crippen molar-refractivity contribution < 1.29 is 0 Å². The first kappa shape index (κ1) is 10.3. The lowest BCUT2D eigenvalue weighted by Gasteiger charge is -2.20. The summed E-state index contributed by atoms with van der Waals surface area (Å²) in [5.41, 5.74) is 1.43. The van der Waals surface area contributed by atoms with E-state index in [4.69, 9.17) is 0 Å². The number of hydrogen-bond acceptors (Lipinski definition) is 1. The summed E-state index contributed by atoms with van der Waals surface area (Å²) in [4.78, 5) is 2.37. The summed E-state index contributed by atoms with van der Waals surface area (Å²) in [5, 5.41) is 0. The molecule has 0 bridgehead atoms. The first-order chi connectivity index (χ1) is 6.20. The maximum atomic E-state index is 2.37. The van der Waals surface area contributed by atoms with E-state index >= 15 is 0 Å². The summed E-state index contributed by atoms with van der Waals surface area (Å²) in [6, 6.07) is 11.3. The van der Waals surface area contributed by atoms with Gasteiger partial charge in [0.15, 0.2) is 0 Å². The fraction of sp³-hybridized carbons (Fsp3) is 0.500. The van der Waals surface area contributed by atoms with Gasteiger partial charge in [0.05, 0.1) is 0 Å². The molecule has 72 valence electrons. The molecule has 0 N–H and O–H groups in total. The molecule has 0 unspecified atom stereocenters. The average molecular weight is 177 g/mol. The van der Waals surface area contributed by atoms with Gasteiger partial charge in [-0.15, -0.1) is 0 Å². The van der Waals surface area contributed by atoms with Crippen molar-refractivity contribution in [3.63, 3.8) is 0 Å². The third kappa shape index (κ3) is 3.60. The molecule has 1 aromatic carbocycles. The van der Waals surface area contributed by atoms with E-state index in [9.17, 15) is 0 Å². The van der Waals surface area contributed by atoms with Crippen LogP contribution in [0.1, 0.15) is 19.4 Å². The van der Waals surface area contributed by atoms with Crippen molar-refractivity contribution in [1.29, 1.82) is 0 Å². The third-order valence-electron chi connectivity index (χ3n) is 2.48. The minimum Gasteiger partial charge on any atom is -0.304 e. The van der Waals surface area contributed by atoms with Gasteiger partial charge in [-0.2, -0.15) is 0 Å². The Morgan fingerprint density at radius 1 is 1.15 bits per heavy atom. The fourth-order valence-electron chi connectivity index (χ4n) is 1.21. The van der Waals surface area contributed by atoms with E-state index in [0.29, 0.717) is 6.04 Å². The van der Waals surface area contributed by atoms with Crippen LogP contribution in [0.2, 0.25) is 0 Å². The van der Waals surface area contributed by atoms with Crippen molar-refractivity contribution in [3.8, 4) is 0 Å². The van der Waals surface area contributed by atoms with E-state index in [1.54, 1.807) is 0 Å². The predicted molar refractivity (Wildman–Crippen MR) is 57.9 cm³/mol. The SMILES string of the molecule is CC(C)N(C)CCc1ccccc1. The molecule has 0 saturated carbocycles. The standard InChI is InChI=1S/C12H19N/c1-11(2)13(3)10-9-12-7-5-4-6-8-12/h4-8,11H,9-10H2,1-3H3. The molecule has 0 aliphatic rings. The van der Waals surface area contributed by atoms with Crippen molar-refractivity contribution in [3.05, 3.63) is 35.9 Å². The number of hydrogen-bond donors (Lipinski definition) is 0. The lowest BCUT2D eigenvalue weighted by molar-refractivity contribution is 0.277. The minimum atomic E-state index is 0.642. The second-order valence-electron chi connectivity index (χ2n) is 3.81. The van der Waals surface area contributed by atoms with Crippen molar-refractivity contribution in [2.24, 2.45) is 0 Å². The molecular formula is C12H19N. The van der Waals surface area contributed by atoms with Crippen molar-refractivity contribution in [1.82, 2.24) is 4.90 Å². The third-order valence-corrected chi connectivity index (χ3v) is 2.48. The van der Waals surface area contributed by atoms with E-state index in [-0.39, 0.29) is 0 Å². The van der Waals surface area contributed by atoms with Gasteiger partial charge in [0.25, 0.3) is 0 Å². The van der Waals surface area contributed by atoms with Gasteiger partial charge in [-0.3, -0.25) is 0 Å². The topological polar surface area (TPSA) is 3.24 Å². The molecule has 0 amide bonds. The Kier molecular flexibility index (Phi) is 3.97. The first-order valence-electron chi connectivity index (χ1n) is 4.94. The van der Waals surface area contributed by atoms with Crippen LogP contribution in [0.4, 0.5) is 0 Å². The van der Waals surface area contributed by atoms with Gasteiger partial charge in [-0.05, 0) is 32.9 Å². The maximum Gasteiger partial charge on any atom is 0.00356 e. The number of nitrogens with zero attached hydrogens (tertiary/aromatic N) is 1. The second kappa shape index (κ2) is 5.03. The normalized spacial score (nSPS) is 11.2. The van der Waals surface area contributed by atoms with Crippen molar-refractivity contribution >= 4 is 0 Å². The summed E-state index contributed by atoms with van der Waals surface area (Å²) in [7, 11) is 2.17. The molecule has 0 fully saturated rings. The molecule has 0 radical (unpaired) electrons. The molecule has 0 atom stereocenters. The van der Waals surface area contributed by atoms with E-state index in [1.807, 2.05) is 0 Å². The molecule has 1 heteroatoms. The van der Waals surface area contributed by atoms with Crippen LogP contribution < -0.4 is 0 Å². The highest BCUT2D eigenvalue weighted by molar-refractivity contribution is 5.14. The summed E-state index contributed by atoms with van der Waals surface area (Å²) >= 11 is 0. The highest BCUT2D eigenvalue weighted by Gasteiger charge is 2.02. The number of likely N-dealkylation sites (N-methyl/N-ethyl adjacent to an activating group) is 1. The van der Waals surface area contributed by atoms with Crippen LogP contribution >= 0.6 is 0 Å². The average Bonchev–Trinajstić information content (AvgIpc) is 2.15. The lowest BCUT2D eigenvalue weighted by atomic mass is 10.1. The number of benzene rings is 1. The number of rotatable bonds is 4. The smallest absolute Gasteiger partial charge is 0.00356 e. The molecule has 0 aliphatic heterocycles. The van der Waals surface area contributed by atoms with E-state index in [2.05, 4.69) is 56.1 Å². The van der Waals surface area contributed by atoms with Crippen LogP contribution in [0, 0.1) is 0 Å². The van der Waals surface area contributed by atoms with E-state index in [1.165, 1.54) is 5.56 Å². The van der Waals surface area contributed by atoms with Gasteiger partial charge in [-0.1, -0.05) is 30.3 Å². The van der Waals surface area contributed by atoms with Crippen LogP contribution in [0.3, 0.4) is 0 Å². The molecule has 1 rings (SSSR count). The molecule has 0 saturated heterocycles. The highest BCUT2D eigenvalue weighted by Crippen LogP contribution is 2.02. The van der Waals surface area contributed by atoms with E-state index < -0.39 is 0 Å². The van der Waals surface area contributed by atoms with Gasteiger partial charge in [0, 0.05) is 12.6 Å². The van der Waals surface area contributed by atoms with Gasteiger partial charge in [-0.25, -0.2) is 0 Å². The molecular weight excluding hydrogens is 158 g/mol. The zero-order chi connectivity index (χ0) is 9.68. The van der Waals surface area contributed by atoms with E-state index in [0.717, 1.165) is 13.0 Å². The fourth-order valence-corrected chi connectivity index (χ4v) is 1.21. The van der Waals surface area contributed by atoms with Gasteiger partial charge < -0.3 is 4.90 Å². The van der Waals surface area contributed by atoms with Gasteiger partial charge >= 0.3 is 0 Å². The molecule has 13 heavy (non-hydrogen) atoms. The van der Waals surface area contributed by atoms with Crippen LogP contribution in [0.15, 0.2) is 30.3 Å². The Balaban J connectivity index is 2.35. The van der Waals surface area contributed by atoms with Crippen LogP contribution in [0.25, 0.3) is 0 Å². The second-order valence-corrected chi connectivity index (χ2v) is 3.81. The van der Waals surface area contributed by atoms with Crippen LogP contribution in [-0.2, 0) is 6.42 Å². The Morgan fingerprint density at radius 2 is 1.77 bits per heavy atom. The molecule has 1 nitrogen and oxygen atoms in total.